The standard InChI is InChI=1S/C16H25N3O.3C2HF3O2/c1-18(2)11-16-15-5-8-19(10-14(15)12-20-16)9-13-3-6-17-7-4-13;3*3-2(4,5)1(6)7/h3-4,6-7,14-16H,5,8-12H2,1-2H3;3*(H,6,7)/t14-,15-,16+;;;/m1.../s1. The molecule has 0 spiro atoms. The minimum Gasteiger partial charge on any atom is -0.475 e. The number of carboxylic acids is 3. The van der Waals surface area contributed by atoms with E-state index in [9.17, 15) is 39.5 Å². The summed E-state index contributed by atoms with van der Waals surface area (Å²) >= 11 is 0. The zero-order valence-electron chi connectivity index (χ0n) is 21.5. The Balaban J connectivity index is 0.000000631. The van der Waals surface area contributed by atoms with Crippen LogP contribution >= 0.6 is 0 Å². The van der Waals surface area contributed by atoms with Gasteiger partial charge in [0.05, 0.1) is 12.7 Å². The van der Waals surface area contributed by atoms with Crippen LogP contribution in [0.15, 0.2) is 24.5 Å². The Bertz CT molecular complexity index is 902. The second-order valence-corrected chi connectivity index (χ2v) is 8.85. The highest BCUT2D eigenvalue weighted by Gasteiger charge is 2.41. The van der Waals surface area contributed by atoms with E-state index in [0.717, 1.165) is 31.5 Å². The van der Waals surface area contributed by atoms with Crippen molar-refractivity contribution in [2.45, 2.75) is 37.6 Å². The molecule has 0 aromatic carbocycles. The first kappa shape index (κ1) is 37.8. The molecule has 0 aliphatic carbocycles. The van der Waals surface area contributed by atoms with Crippen molar-refractivity contribution in [3.8, 4) is 0 Å². The molecule has 2 aliphatic heterocycles. The van der Waals surface area contributed by atoms with Crippen LogP contribution in [0.2, 0.25) is 0 Å². The average molecular weight is 617 g/mol. The van der Waals surface area contributed by atoms with E-state index >= 15 is 0 Å². The van der Waals surface area contributed by atoms with Gasteiger partial charge in [0.2, 0.25) is 0 Å². The van der Waals surface area contributed by atoms with E-state index in [2.05, 4.69) is 41.0 Å². The minimum absolute atomic E-state index is 0.443. The molecule has 2 fully saturated rings. The highest BCUT2D eigenvalue weighted by atomic mass is 19.4. The fourth-order valence-electron chi connectivity index (χ4n) is 3.60. The van der Waals surface area contributed by atoms with E-state index < -0.39 is 36.4 Å². The number of likely N-dealkylation sites (N-methyl/N-ethyl adjacent to an activating group) is 1. The molecular formula is C22H28F9N3O7. The van der Waals surface area contributed by atoms with E-state index in [1.807, 2.05) is 12.4 Å². The first-order chi connectivity index (χ1) is 18.6. The molecule has 3 heterocycles. The van der Waals surface area contributed by atoms with Crippen LogP contribution in [0, 0.1) is 11.8 Å². The Morgan fingerprint density at radius 2 is 1.32 bits per heavy atom. The van der Waals surface area contributed by atoms with Crippen molar-refractivity contribution in [1.29, 1.82) is 0 Å². The van der Waals surface area contributed by atoms with Crippen molar-refractivity contribution < 1.29 is 74.0 Å². The molecule has 0 unspecified atom stereocenters. The second-order valence-electron chi connectivity index (χ2n) is 8.85. The summed E-state index contributed by atoms with van der Waals surface area (Å²) in [5.74, 6) is -6.80. The number of aromatic nitrogens is 1. The zero-order chi connectivity index (χ0) is 32.2. The first-order valence-electron chi connectivity index (χ1n) is 11.3. The number of hydrogen-bond donors (Lipinski definition) is 3. The van der Waals surface area contributed by atoms with Gasteiger partial charge in [-0.25, -0.2) is 14.4 Å². The van der Waals surface area contributed by atoms with E-state index in [1.165, 1.54) is 25.1 Å². The van der Waals surface area contributed by atoms with E-state index in [0.29, 0.717) is 6.10 Å². The lowest BCUT2D eigenvalue weighted by molar-refractivity contribution is -0.193. The number of nitrogens with zero attached hydrogens (tertiary/aromatic N) is 3. The van der Waals surface area contributed by atoms with Crippen molar-refractivity contribution >= 4 is 17.9 Å². The molecule has 0 bridgehead atoms. The number of fused-ring (bicyclic) bond motifs is 1. The number of alkyl halides is 9. The predicted octanol–water partition coefficient (Wildman–Crippen LogP) is 3.38. The number of halogens is 9. The third-order valence-corrected chi connectivity index (χ3v) is 5.31. The Labute approximate surface area is 227 Å². The van der Waals surface area contributed by atoms with Crippen molar-refractivity contribution in [2.24, 2.45) is 11.8 Å². The predicted molar refractivity (Wildman–Crippen MR) is 120 cm³/mol. The van der Waals surface area contributed by atoms with Crippen LogP contribution in [0.3, 0.4) is 0 Å². The number of ether oxygens (including phenoxy) is 1. The van der Waals surface area contributed by atoms with Gasteiger partial charge in [-0.15, -0.1) is 0 Å². The summed E-state index contributed by atoms with van der Waals surface area (Å²) in [6.07, 6.45) is -9.77. The van der Waals surface area contributed by atoms with Crippen LogP contribution in [-0.4, -0.2) is 113 Å². The van der Waals surface area contributed by atoms with Crippen LogP contribution in [0.5, 0.6) is 0 Å². The van der Waals surface area contributed by atoms with Gasteiger partial charge in [-0.05, 0) is 50.7 Å². The molecular weight excluding hydrogens is 589 g/mol. The lowest BCUT2D eigenvalue weighted by atomic mass is 9.84. The molecule has 0 amide bonds. The molecule has 1 aromatic rings. The molecule has 3 atom stereocenters. The summed E-state index contributed by atoms with van der Waals surface area (Å²) in [5, 5.41) is 21.4. The van der Waals surface area contributed by atoms with Crippen LogP contribution in [0.4, 0.5) is 39.5 Å². The number of rotatable bonds is 4. The Kier molecular flexibility index (Phi) is 15.0. The van der Waals surface area contributed by atoms with Gasteiger partial charge in [0, 0.05) is 37.9 Å². The largest absolute Gasteiger partial charge is 0.490 e. The SMILES string of the molecule is CN(C)C[C@@H]1OC[C@H]2CN(Cc3ccncc3)CC[C@H]21.O=C(O)C(F)(F)F.O=C(O)C(F)(F)F.O=C(O)C(F)(F)F. The van der Waals surface area contributed by atoms with E-state index in [-0.39, 0.29) is 0 Å². The van der Waals surface area contributed by atoms with Crippen molar-refractivity contribution in [1.82, 2.24) is 14.8 Å². The molecule has 3 N–H and O–H groups in total. The summed E-state index contributed by atoms with van der Waals surface area (Å²) in [5.41, 5.74) is 1.36. The smallest absolute Gasteiger partial charge is 0.475 e. The van der Waals surface area contributed by atoms with Gasteiger partial charge in [-0.2, -0.15) is 39.5 Å². The van der Waals surface area contributed by atoms with Crippen molar-refractivity contribution in [3.05, 3.63) is 30.1 Å². The Hall–Kier alpha value is -3.19. The van der Waals surface area contributed by atoms with Gasteiger partial charge in [-0.3, -0.25) is 9.88 Å². The number of carboxylic acid groups (broad SMARTS) is 3. The molecule has 0 radical (unpaired) electrons. The van der Waals surface area contributed by atoms with Gasteiger partial charge >= 0.3 is 36.4 Å². The highest BCUT2D eigenvalue weighted by Crippen LogP contribution is 2.35. The summed E-state index contributed by atoms with van der Waals surface area (Å²) in [6, 6.07) is 4.23. The van der Waals surface area contributed by atoms with Gasteiger partial charge in [-0.1, -0.05) is 0 Å². The van der Waals surface area contributed by atoms with E-state index in [1.54, 1.807) is 0 Å². The summed E-state index contributed by atoms with van der Waals surface area (Å²) in [6.45, 7) is 5.42. The molecule has 2 saturated heterocycles. The Morgan fingerprint density at radius 1 is 0.902 bits per heavy atom. The molecule has 236 valence electrons. The zero-order valence-corrected chi connectivity index (χ0v) is 21.5. The number of aliphatic carboxylic acids is 3. The third kappa shape index (κ3) is 16.0. The lowest BCUT2D eigenvalue weighted by Crippen LogP contribution is -2.42. The topological polar surface area (TPSA) is 140 Å². The fraction of sp³-hybridized carbons (Fsp3) is 0.636. The maximum absolute atomic E-state index is 10.6. The van der Waals surface area contributed by atoms with Gasteiger partial charge in [0.1, 0.15) is 0 Å². The summed E-state index contributed by atoms with van der Waals surface area (Å²) in [7, 11) is 4.27. The molecule has 19 heteroatoms. The molecule has 1 aromatic heterocycles. The van der Waals surface area contributed by atoms with Gasteiger partial charge in [0.25, 0.3) is 0 Å². The quantitative estimate of drug-likeness (QED) is 0.431. The van der Waals surface area contributed by atoms with Crippen molar-refractivity contribution in [3.63, 3.8) is 0 Å². The minimum atomic E-state index is -5.08. The average Bonchev–Trinajstić information content (AvgIpc) is 3.20. The normalized spacial score (nSPS) is 20.7. The van der Waals surface area contributed by atoms with Crippen molar-refractivity contribution in [2.75, 3.05) is 40.3 Å². The lowest BCUT2D eigenvalue weighted by Gasteiger charge is -2.36. The first-order valence-corrected chi connectivity index (χ1v) is 11.3. The number of likely N-dealkylation sites (tertiary alicyclic amines) is 1. The number of pyridine rings is 1. The third-order valence-electron chi connectivity index (χ3n) is 5.31. The summed E-state index contributed by atoms with van der Waals surface area (Å²) in [4.78, 5) is 35.6. The van der Waals surface area contributed by atoms with E-state index in [4.69, 9.17) is 34.4 Å². The van der Waals surface area contributed by atoms with Gasteiger partial charge < -0.3 is 25.0 Å². The maximum Gasteiger partial charge on any atom is 0.490 e. The molecule has 0 saturated carbocycles. The van der Waals surface area contributed by atoms with Crippen LogP contribution in [0.25, 0.3) is 0 Å². The maximum atomic E-state index is 10.6. The van der Waals surface area contributed by atoms with Crippen LogP contribution in [0.1, 0.15) is 12.0 Å². The second kappa shape index (κ2) is 16.3. The Morgan fingerprint density at radius 3 is 1.68 bits per heavy atom. The number of piperidine rings is 1. The molecule has 41 heavy (non-hydrogen) atoms. The highest BCUT2D eigenvalue weighted by molar-refractivity contribution is 5.73. The fourth-order valence-corrected chi connectivity index (χ4v) is 3.60. The molecule has 10 nitrogen and oxygen atoms in total. The van der Waals surface area contributed by atoms with Crippen LogP contribution < -0.4 is 0 Å². The molecule has 3 rings (SSSR count). The monoisotopic (exact) mass is 617 g/mol. The number of carbonyl (C=O) groups is 3. The summed E-state index contributed by atoms with van der Waals surface area (Å²) < 4.78 is 101. The van der Waals surface area contributed by atoms with Gasteiger partial charge in [0.15, 0.2) is 0 Å². The van der Waals surface area contributed by atoms with Crippen LogP contribution in [-0.2, 0) is 25.7 Å². The molecule has 2 aliphatic rings. The number of hydrogen-bond acceptors (Lipinski definition) is 7.